The quantitative estimate of drug-likeness (QED) is 0.321. The number of anilines is 1. The molecule has 2 amide bonds. The molecule has 0 radical (unpaired) electrons. The van der Waals surface area contributed by atoms with Crippen molar-refractivity contribution >= 4 is 40.9 Å². The number of amides is 2. The fraction of sp³-hybridized carbons (Fsp3) is 0.567. The number of aryl methyl sites for hydroxylation is 1. The van der Waals surface area contributed by atoms with E-state index in [4.69, 9.17) is 17.3 Å². The number of carbonyl (C=O) groups excluding carboxylic acids is 2. The summed E-state index contributed by atoms with van der Waals surface area (Å²) in [6, 6.07) is 3.47. The maximum Gasteiger partial charge on any atom is 0.264 e. The standard InChI is InChI=1S/C30H41ClF2N6O2/c1-19(40)39-12-9-27(36-22-7-10-38(11-8-22)29(41)15-31)25(18-39)26-6-4-3-5-20-13-23(21(16-34)17-35-2)24(30(32)33)14-28(20)37-26/h13-14,16-17,22,26,30,36-37H,3-12,15,18,34H2,1-2H3. The van der Waals surface area contributed by atoms with Crippen LogP contribution in [-0.4, -0.2) is 79.0 Å². The van der Waals surface area contributed by atoms with Gasteiger partial charge in [0.15, 0.2) is 0 Å². The lowest BCUT2D eigenvalue weighted by molar-refractivity contribution is -0.129. The molecular weight excluding hydrogens is 550 g/mol. The predicted octanol–water partition coefficient (Wildman–Crippen LogP) is 4.46. The largest absolute Gasteiger partial charge is 0.404 e. The van der Waals surface area contributed by atoms with Crippen LogP contribution in [0.2, 0.25) is 0 Å². The number of allylic oxidation sites excluding steroid dienone is 1. The van der Waals surface area contributed by atoms with E-state index in [2.05, 4.69) is 15.6 Å². The third-order valence-electron chi connectivity index (χ3n) is 8.37. The lowest BCUT2D eigenvalue weighted by Crippen LogP contribution is -2.48. The lowest BCUT2D eigenvalue weighted by atomic mass is 9.88. The molecule has 0 spiro atoms. The number of benzene rings is 1. The Morgan fingerprint density at radius 1 is 1.17 bits per heavy atom. The molecule has 0 aromatic heterocycles. The minimum absolute atomic E-state index is 0.00607. The Morgan fingerprint density at radius 2 is 1.93 bits per heavy atom. The number of nitrogens with two attached hydrogens (primary N) is 1. The molecule has 0 aliphatic carbocycles. The summed E-state index contributed by atoms with van der Waals surface area (Å²) in [4.78, 5) is 32.0. The Bertz CT molecular complexity index is 1210. The van der Waals surface area contributed by atoms with Crippen LogP contribution >= 0.6 is 11.6 Å². The van der Waals surface area contributed by atoms with Crippen molar-refractivity contribution in [2.24, 2.45) is 10.7 Å². The molecule has 1 atom stereocenters. The number of nitrogens with zero attached hydrogens (tertiary/aromatic N) is 3. The van der Waals surface area contributed by atoms with Crippen molar-refractivity contribution in [2.45, 2.75) is 70.4 Å². The van der Waals surface area contributed by atoms with Crippen LogP contribution in [0, 0.1) is 0 Å². The van der Waals surface area contributed by atoms with Crippen molar-refractivity contribution < 1.29 is 18.4 Å². The zero-order chi connectivity index (χ0) is 29.5. The smallest absolute Gasteiger partial charge is 0.264 e. The van der Waals surface area contributed by atoms with Gasteiger partial charge < -0.3 is 26.2 Å². The van der Waals surface area contributed by atoms with Crippen molar-refractivity contribution in [3.8, 4) is 0 Å². The zero-order valence-corrected chi connectivity index (χ0v) is 24.7. The molecule has 3 heterocycles. The second kappa shape index (κ2) is 14.2. The third-order valence-corrected chi connectivity index (χ3v) is 8.60. The highest BCUT2D eigenvalue weighted by Crippen LogP contribution is 2.36. The van der Waals surface area contributed by atoms with Gasteiger partial charge >= 0.3 is 0 Å². The topological polar surface area (TPSA) is 103 Å². The van der Waals surface area contributed by atoms with Crippen LogP contribution < -0.4 is 16.4 Å². The summed E-state index contributed by atoms with van der Waals surface area (Å²) in [5, 5.41) is 7.37. The number of halogens is 3. The number of carbonyl (C=O) groups is 2. The number of hydrogen-bond acceptors (Lipinski definition) is 6. The molecule has 3 aliphatic heterocycles. The Labute approximate surface area is 246 Å². The Morgan fingerprint density at radius 3 is 2.56 bits per heavy atom. The van der Waals surface area contributed by atoms with E-state index in [1.165, 1.54) is 12.4 Å². The molecular formula is C30H41ClF2N6O2. The summed E-state index contributed by atoms with van der Waals surface area (Å²) >= 11 is 5.75. The van der Waals surface area contributed by atoms with Crippen LogP contribution in [0.1, 0.15) is 68.6 Å². The van der Waals surface area contributed by atoms with Gasteiger partial charge in [0.2, 0.25) is 11.8 Å². The average molecular weight is 591 g/mol. The highest BCUT2D eigenvalue weighted by atomic mass is 35.5. The molecule has 11 heteroatoms. The van der Waals surface area contributed by atoms with Gasteiger partial charge in [-0.2, -0.15) is 0 Å². The van der Waals surface area contributed by atoms with Gasteiger partial charge in [-0.1, -0.05) is 6.42 Å². The molecule has 1 aromatic carbocycles. The number of hydrogen-bond donors (Lipinski definition) is 3. The Balaban J connectivity index is 1.66. The van der Waals surface area contributed by atoms with Gasteiger partial charge in [-0.05, 0) is 60.9 Å². The van der Waals surface area contributed by atoms with Gasteiger partial charge in [0.1, 0.15) is 5.88 Å². The van der Waals surface area contributed by atoms with Gasteiger partial charge in [-0.15, -0.1) is 11.6 Å². The summed E-state index contributed by atoms with van der Waals surface area (Å²) in [5.41, 5.74) is 10.4. The molecule has 1 saturated heterocycles. The summed E-state index contributed by atoms with van der Waals surface area (Å²) in [6.45, 7) is 4.00. The summed E-state index contributed by atoms with van der Waals surface area (Å²) in [5.74, 6) is -0.0306. The van der Waals surface area contributed by atoms with Crippen molar-refractivity contribution in [1.82, 2.24) is 15.1 Å². The fourth-order valence-electron chi connectivity index (χ4n) is 6.11. The molecule has 0 bridgehead atoms. The van der Waals surface area contributed by atoms with E-state index in [1.54, 1.807) is 24.9 Å². The second-order valence-electron chi connectivity index (χ2n) is 11.0. The maximum absolute atomic E-state index is 14.3. The molecule has 0 saturated carbocycles. The van der Waals surface area contributed by atoms with E-state index < -0.39 is 6.43 Å². The number of aliphatic imine (C=N–C) groups is 1. The molecule has 1 unspecified atom stereocenters. The maximum atomic E-state index is 14.3. The van der Waals surface area contributed by atoms with E-state index in [-0.39, 0.29) is 35.3 Å². The third kappa shape index (κ3) is 7.39. The van der Waals surface area contributed by atoms with Crippen LogP contribution in [-0.2, 0) is 16.0 Å². The molecule has 1 fully saturated rings. The van der Waals surface area contributed by atoms with Gasteiger partial charge in [0.05, 0.1) is 6.04 Å². The van der Waals surface area contributed by atoms with E-state index in [1.807, 2.05) is 11.0 Å². The number of rotatable bonds is 7. The molecule has 4 N–H and O–H groups in total. The molecule has 1 aromatic rings. The first-order valence-electron chi connectivity index (χ1n) is 14.4. The summed E-state index contributed by atoms with van der Waals surface area (Å²) < 4.78 is 28.6. The van der Waals surface area contributed by atoms with Gasteiger partial charge in [-0.25, -0.2) is 8.78 Å². The molecule has 8 nitrogen and oxygen atoms in total. The molecule has 3 aliphatic rings. The Hall–Kier alpha value is -3.14. The molecule has 224 valence electrons. The van der Waals surface area contributed by atoms with E-state index in [9.17, 15) is 18.4 Å². The van der Waals surface area contributed by atoms with E-state index in [0.717, 1.165) is 55.4 Å². The second-order valence-corrected chi connectivity index (χ2v) is 11.2. The van der Waals surface area contributed by atoms with Crippen molar-refractivity contribution in [2.75, 3.05) is 44.4 Å². The Kier molecular flexibility index (Phi) is 10.6. The number of nitrogens with one attached hydrogen (secondary N) is 2. The number of alkyl halides is 3. The lowest BCUT2D eigenvalue weighted by Gasteiger charge is -2.39. The minimum atomic E-state index is -2.68. The van der Waals surface area contributed by atoms with Crippen molar-refractivity contribution in [3.05, 3.63) is 46.3 Å². The van der Waals surface area contributed by atoms with Crippen LogP contribution in [0.5, 0.6) is 0 Å². The highest BCUT2D eigenvalue weighted by Gasteiger charge is 2.31. The van der Waals surface area contributed by atoms with Crippen LogP contribution in [0.25, 0.3) is 5.57 Å². The first kappa shape index (κ1) is 30.8. The van der Waals surface area contributed by atoms with Crippen LogP contribution in [0.3, 0.4) is 0 Å². The monoisotopic (exact) mass is 590 g/mol. The van der Waals surface area contributed by atoms with Crippen molar-refractivity contribution in [3.63, 3.8) is 0 Å². The highest BCUT2D eigenvalue weighted by molar-refractivity contribution is 6.27. The molecule has 41 heavy (non-hydrogen) atoms. The fourth-order valence-corrected chi connectivity index (χ4v) is 6.27. The summed E-state index contributed by atoms with van der Waals surface area (Å²) in [6.07, 6.45) is 5.93. The normalized spacial score (nSPS) is 21.0. The number of piperidine rings is 1. The van der Waals surface area contributed by atoms with Crippen LogP contribution in [0.4, 0.5) is 14.5 Å². The van der Waals surface area contributed by atoms with Gasteiger partial charge in [0, 0.05) is 87.5 Å². The first-order chi connectivity index (χ1) is 19.7. The SMILES string of the molecule is CN=CC(=CN)c1cc2c(cc1C(F)F)NC(C1=C(NC3CCN(C(=O)CCl)CC3)CCN(C(C)=O)C1)CCCC2. The van der Waals surface area contributed by atoms with Crippen LogP contribution in [0.15, 0.2) is 34.6 Å². The average Bonchev–Trinajstić information content (AvgIpc) is 2.96. The van der Waals surface area contributed by atoms with E-state index >= 15 is 0 Å². The number of likely N-dealkylation sites (tertiary alicyclic amines) is 1. The first-order valence-corrected chi connectivity index (χ1v) is 14.9. The predicted molar refractivity (Wildman–Crippen MR) is 160 cm³/mol. The molecule has 4 rings (SSSR count). The van der Waals surface area contributed by atoms with Gasteiger partial charge in [-0.3, -0.25) is 14.6 Å². The van der Waals surface area contributed by atoms with Crippen molar-refractivity contribution in [1.29, 1.82) is 0 Å². The van der Waals surface area contributed by atoms with Gasteiger partial charge in [0.25, 0.3) is 6.43 Å². The minimum Gasteiger partial charge on any atom is -0.404 e. The summed E-state index contributed by atoms with van der Waals surface area (Å²) in [7, 11) is 1.59. The number of fused-ring (bicyclic) bond motifs is 1. The zero-order valence-electron chi connectivity index (χ0n) is 23.9. The van der Waals surface area contributed by atoms with E-state index in [0.29, 0.717) is 49.4 Å².